The van der Waals surface area contributed by atoms with Gasteiger partial charge in [0, 0.05) is 26.9 Å². The number of H-pyrrole nitrogens is 1. The predicted octanol–water partition coefficient (Wildman–Crippen LogP) is 1.31. The van der Waals surface area contributed by atoms with Gasteiger partial charge in [0.25, 0.3) is 0 Å². The molecule has 0 aliphatic heterocycles. The third-order valence-electron chi connectivity index (χ3n) is 1.99. The number of rotatable bonds is 2. The zero-order valence-electron chi connectivity index (χ0n) is 7.25. The summed E-state index contributed by atoms with van der Waals surface area (Å²) >= 11 is 2.19. The summed E-state index contributed by atoms with van der Waals surface area (Å²) in [6, 6.07) is 1.82. The maximum absolute atomic E-state index is 11.3. The monoisotopic (exact) mass is 301 g/mol. The fraction of sp³-hybridized carbons (Fsp3) is 0.111. The number of nitrogens with zero attached hydrogens (tertiary/aromatic N) is 1. The highest BCUT2D eigenvalue weighted by Crippen LogP contribution is 2.19. The number of hydrogen-bond acceptors (Lipinski definition) is 3. The quantitative estimate of drug-likeness (QED) is 0.649. The Kier molecular flexibility index (Phi) is 2.51. The van der Waals surface area contributed by atoms with Gasteiger partial charge in [-0.15, -0.1) is 0 Å². The van der Waals surface area contributed by atoms with Gasteiger partial charge in [-0.2, -0.15) is 0 Å². The molecule has 0 unspecified atom stereocenters. The van der Waals surface area contributed by atoms with Gasteiger partial charge in [0.2, 0.25) is 0 Å². The second-order valence-electron chi connectivity index (χ2n) is 2.88. The van der Waals surface area contributed by atoms with E-state index in [-0.39, 0.29) is 12.3 Å². The van der Waals surface area contributed by atoms with Gasteiger partial charge in [0.15, 0.2) is 5.78 Å². The molecule has 2 heterocycles. The van der Waals surface area contributed by atoms with Gasteiger partial charge >= 0.3 is 0 Å². The van der Waals surface area contributed by atoms with Crippen LogP contribution < -0.4 is 5.73 Å². The first kappa shape index (κ1) is 9.60. The molecular formula is C9H8IN3O. The van der Waals surface area contributed by atoms with Crippen molar-refractivity contribution in [1.82, 2.24) is 9.97 Å². The van der Waals surface area contributed by atoms with Gasteiger partial charge in [0.05, 0.1) is 6.54 Å². The fourth-order valence-electron chi connectivity index (χ4n) is 1.24. The predicted molar refractivity (Wildman–Crippen MR) is 62.2 cm³/mol. The average molecular weight is 301 g/mol. The molecule has 0 aromatic carbocycles. The number of aromatic nitrogens is 2. The van der Waals surface area contributed by atoms with E-state index in [0.29, 0.717) is 5.56 Å². The molecule has 0 amide bonds. The van der Waals surface area contributed by atoms with Crippen LogP contribution in [0.3, 0.4) is 0 Å². The summed E-state index contributed by atoms with van der Waals surface area (Å²) in [7, 11) is 0. The van der Waals surface area contributed by atoms with E-state index in [9.17, 15) is 4.79 Å². The number of Topliss-reactive ketones (excluding diaryl/α,β-unsaturated/α-hetero) is 1. The minimum absolute atomic E-state index is 0.0220. The smallest absolute Gasteiger partial charge is 0.177 e. The Hall–Kier alpha value is -0.950. The number of nitrogens with two attached hydrogens (primary N) is 1. The molecule has 14 heavy (non-hydrogen) atoms. The Bertz CT molecular complexity index is 492. The van der Waals surface area contributed by atoms with Crippen molar-refractivity contribution in [2.24, 2.45) is 5.73 Å². The van der Waals surface area contributed by atoms with Gasteiger partial charge in [-0.25, -0.2) is 4.98 Å². The fourth-order valence-corrected chi connectivity index (χ4v) is 1.81. The molecule has 2 aromatic rings. The van der Waals surface area contributed by atoms with E-state index in [1.807, 2.05) is 12.3 Å². The molecule has 2 aromatic heterocycles. The molecule has 0 spiro atoms. The van der Waals surface area contributed by atoms with Crippen molar-refractivity contribution in [2.45, 2.75) is 0 Å². The zero-order chi connectivity index (χ0) is 10.1. The van der Waals surface area contributed by atoms with E-state index in [2.05, 4.69) is 32.6 Å². The lowest BCUT2D eigenvalue weighted by Gasteiger charge is -1.97. The van der Waals surface area contributed by atoms with Crippen molar-refractivity contribution < 1.29 is 4.79 Å². The van der Waals surface area contributed by atoms with Crippen molar-refractivity contribution in [3.05, 3.63) is 27.6 Å². The summed E-state index contributed by atoms with van der Waals surface area (Å²) in [6.45, 7) is 0.0220. The van der Waals surface area contributed by atoms with Crippen LogP contribution in [0.2, 0.25) is 0 Å². The molecule has 0 atom stereocenters. The number of fused-ring (bicyclic) bond motifs is 1. The maximum Gasteiger partial charge on any atom is 0.177 e. The Balaban J connectivity index is 2.60. The van der Waals surface area contributed by atoms with Crippen molar-refractivity contribution in [2.75, 3.05) is 6.54 Å². The molecule has 0 aliphatic carbocycles. The molecule has 5 heteroatoms. The van der Waals surface area contributed by atoms with Crippen molar-refractivity contribution >= 4 is 39.4 Å². The third kappa shape index (κ3) is 1.53. The van der Waals surface area contributed by atoms with Gasteiger partial charge in [-0.05, 0) is 28.7 Å². The van der Waals surface area contributed by atoms with Crippen molar-refractivity contribution in [1.29, 1.82) is 0 Å². The summed E-state index contributed by atoms with van der Waals surface area (Å²) < 4.78 is 1.05. The number of carbonyl (C=O) groups excluding carboxylic acids is 1. The van der Waals surface area contributed by atoms with Crippen LogP contribution in [0.1, 0.15) is 10.4 Å². The molecular weight excluding hydrogens is 293 g/mol. The van der Waals surface area contributed by atoms with Gasteiger partial charge in [-0.1, -0.05) is 0 Å². The lowest BCUT2D eigenvalue weighted by molar-refractivity contribution is 0.100. The number of carbonyl (C=O) groups is 1. The van der Waals surface area contributed by atoms with Crippen LogP contribution in [0.25, 0.3) is 11.0 Å². The first-order valence-electron chi connectivity index (χ1n) is 4.08. The number of aromatic amines is 1. The summed E-state index contributed by atoms with van der Waals surface area (Å²) in [5.41, 5.74) is 6.64. The minimum atomic E-state index is -0.0867. The number of hydrogen-bond donors (Lipinski definition) is 2. The Morgan fingerprint density at radius 2 is 2.43 bits per heavy atom. The van der Waals surface area contributed by atoms with Crippen molar-refractivity contribution in [3.8, 4) is 0 Å². The lowest BCUT2D eigenvalue weighted by atomic mass is 10.1. The number of pyridine rings is 1. The molecule has 0 fully saturated rings. The van der Waals surface area contributed by atoms with Gasteiger partial charge in [-0.3, -0.25) is 4.79 Å². The third-order valence-corrected chi connectivity index (χ3v) is 2.88. The van der Waals surface area contributed by atoms with Crippen molar-refractivity contribution in [3.63, 3.8) is 0 Å². The van der Waals surface area contributed by atoms with Crippen LogP contribution >= 0.6 is 22.6 Å². The highest BCUT2D eigenvalue weighted by atomic mass is 127. The van der Waals surface area contributed by atoms with Crippen LogP contribution in [0.4, 0.5) is 0 Å². The number of ketones is 1. The maximum atomic E-state index is 11.3. The van der Waals surface area contributed by atoms with Gasteiger partial charge in [0.1, 0.15) is 5.65 Å². The second kappa shape index (κ2) is 3.66. The number of nitrogens with one attached hydrogen (secondary N) is 1. The highest BCUT2D eigenvalue weighted by molar-refractivity contribution is 14.1. The van der Waals surface area contributed by atoms with Gasteiger partial charge < -0.3 is 10.7 Å². The van der Waals surface area contributed by atoms with E-state index < -0.39 is 0 Å². The van der Waals surface area contributed by atoms with Crippen LogP contribution in [0.5, 0.6) is 0 Å². The Morgan fingerprint density at radius 1 is 1.64 bits per heavy atom. The first-order chi connectivity index (χ1) is 6.72. The van der Waals surface area contributed by atoms with E-state index in [1.165, 1.54) is 0 Å². The average Bonchev–Trinajstić information content (AvgIpc) is 2.59. The van der Waals surface area contributed by atoms with E-state index >= 15 is 0 Å². The molecule has 0 saturated heterocycles. The summed E-state index contributed by atoms with van der Waals surface area (Å²) in [5, 5.41) is 0.963. The van der Waals surface area contributed by atoms with Crippen LogP contribution in [0, 0.1) is 3.57 Å². The topological polar surface area (TPSA) is 71.8 Å². The first-order valence-corrected chi connectivity index (χ1v) is 5.16. The molecule has 3 N–H and O–H groups in total. The zero-order valence-corrected chi connectivity index (χ0v) is 9.41. The summed E-state index contributed by atoms with van der Waals surface area (Å²) in [5.74, 6) is -0.0867. The minimum Gasteiger partial charge on any atom is -0.345 e. The molecule has 2 rings (SSSR count). The summed E-state index contributed by atoms with van der Waals surface area (Å²) in [6.07, 6.45) is 3.40. The van der Waals surface area contributed by atoms with E-state index in [0.717, 1.165) is 14.6 Å². The number of halogens is 1. The molecule has 0 aliphatic rings. The molecule has 4 nitrogen and oxygen atoms in total. The normalized spacial score (nSPS) is 10.7. The molecule has 0 radical (unpaired) electrons. The van der Waals surface area contributed by atoms with E-state index in [1.54, 1.807) is 6.20 Å². The highest BCUT2D eigenvalue weighted by Gasteiger charge is 2.07. The van der Waals surface area contributed by atoms with Crippen LogP contribution in [-0.2, 0) is 0 Å². The molecule has 72 valence electrons. The SMILES string of the molecule is NCC(=O)c1cnc2[nH]cc(I)c2c1. The van der Waals surface area contributed by atoms with Crippen LogP contribution in [0.15, 0.2) is 18.5 Å². The standard InChI is InChI=1S/C9H8IN3O/c10-7-4-13-9-6(7)1-5(3-12-9)8(14)2-11/h1,3-4H,2,11H2,(H,12,13). The summed E-state index contributed by atoms with van der Waals surface area (Å²) in [4.78, 5) is 18.5. The molecule has 0 saturated carbocycles. The lowest BCUT2D eigenvalue weighted by Crippen LogP contribution is -2.13. The second-order valence-corrected chi connectivity index (χ2v) is 4.05. The Morgan fingerprint density at radius 3 is 3.14 bits per heavy atom. The van der Waals surface area contributed by atoms with E-state index in [4.69, 9.17) is 5.73 Å². The largest absolute Gasteiger partial charge is 0.345 e. The molecule has 0 bridgehead atoms. The Labute approximate surface area is 94.0 Å². The van der Waals surface area contributed by atoms with Crippen LogP contribution in [-0.4, -0.2) is 22.3 Å².